The number of amides is 1. The third-order valence-electron chi connectivity index (χ3n) is 2.56. The van der Waals surface area contributed by atoms with Crippen molar-refractivity contribution in [1.82, 2.24) is 5.32 Å². The molecule has 4 nitrogen and oxygen atoms in total. The first kappa shape index (κ1) is 16.2. The quantitative estimate of drug-likeness (QED) is 0.773. The minimum absolute atomic E-state index is 0.378. The lowest BCUT2D eigenvalue weighted by Gasteiger charge is -2.27. The van der Waals surface area contributed by atoms with Gasteiger partial charge in [0.15, 0.2) is 0 Å². The number of hydrogen-bond donors (Lipinski definition) is 2. The second-order valence-corrected chi connectivity index (χ2v) is 6.83. The van der Waals surface area contributed by atoms with E-state index in [1.54, 1.807) is 32.9 Å². The summed E-state index contributed by atoms with van der Waals surface area (Å²) in [5.41, 5.74) is -0.200. The number of aliphatic carboxylic acids is 1. The van der Waals surface area contributed by atoms with Gasteiger partial charge in [-0.05, 0) is 46.2 Å². The molecule has 0 saturated heterocycles. The molecule has 19 heavy (non-hydrogen) atoms. The predicted molar refractivity (Wildman–Crippen MR) is 82.5 cm³/mol. The van der Waals surface area contributed by atoms with Crippen LogP contribution in [0.2, 0.25) is 5.02 Å². The molecule has 0 aliphatic carbocycles. The van der Waals surface area contributed by atoms with Crippen molar-refractivity contribution in [3.05, 3.63) is 32.4 Å². The van der Waals surface area contributed by atoms with Crippen molar-refractivity contribution < 1.29 is 14.7 Å². The maximum atomic E-state index is 12.1. The number of hydrogen-bond acceptors (Lipinski definition) is 2. The number of carbonyl (C=O) groups excluding carboxylic acids is 1. The van der Waals surface area contributed by atoms with Gasteiger partial charge < -0.3 is 10.4 Å². The molecule has 0 aliphatic rings. The van der Waals surface area contributed by atoms with Crippen LogP contribution in [-0.2, 0) is 4.79 Å². The van der Waals surface area contributed by atoms with E-state index in [-0.39, 0.29) is 0 Å². The number of carboxylic acids is 1. The molecular formula is C13H15ClINO3. The maximum absolute atomic E-state index is 12.1. The van der Waals surface area contributed by atoms with Gasteiger partial charge in [-0.1, -0.05) is 32.4 Å². The molecule has 0 radical (unpaired) electrons. The molecule has 1 rings (SSSR count). The second-order valence-electron chi connectivity index (χ2n) is 5.23. The van der Waals surface area contributed by atoms with Crippen molar-refractivity contribution in [2.24, 2.45) is 5.41 Å². The molecule has 1 aromatic carbocycles. The van der Waals surface area contributed by atoms with E-state index in [0.29, 0.717) is 10.6 Å². The number of nitrogens with one attached hydrogen (secondary N) is 1. The van der Waals surface area contributed by atoms with Crippen LogP contribution < -0.4 is 5.32 Å². The van der Waals surface area contributed by atoms with Gasteiger partial charge in [0.1, 0.15) is 6.04 Å². The highest BCUT2D eigenvalue weighted by Crippen LogP contribution is 2.22. The molecule has 0 aliphatic heterocycles. The van der Waals surface area contributed by atoms with Gasteiger partial charge in [0, 0.05) is 8.59 Å². The monoisotopic (exact) mass is 395 g/mol. The summed E-state index contributed by atoms with van der Waals surface area (Å²) in [7, 11) is 0. The van der Waals surface area contributed by atoms with Gasteiger partial charge in [0.25, 0.3) is 5.91 Å². The lowest BCUT2D eigenvalue weighted by molar-refractivity contribution is -0.142. The third kappa shape index (κ3) is 4.35. The summed E-state index contributed by atoms with van der Waals surface area (Å²) < 4.78 is 0.720. The van der Waals surface area contributed by atoms with Gasteiger partial charge in [-0.2, -0.15) is 0 Å². The van der Waals surface area contributed by atoms with Crippen molar-refractivity contribution >= 4 is 46.1 Å². The largest absolute Gasteiger partial charge is 0.480 e. The van der Waals surface area contributed by atoms with E-state index >= 15 is 0 Å². The molecule has 0 bridgehead atoms. The highest BCUT2D eigenvalue weighted by atomic mass is 127. The van der Waals surface area contributed by atoms with Gasteiger partial charge >= 0.3 is 5.97 Å². The zero-order valence-electron chi connectivity index (χ0n) is 10.8. The second kappa shape index (κ2) is 6.09. The van der Waals surface area contributed by atoms with Crippen molar-refractivity contribution in [3.8, 4) is 0 Å². The van der Waals surface area contributed by atoms with Crippen LogP contribution in [0.4, 0.5) is 0 Å². The average molecular weight is 396 g/mol. The number of benzene rings is 1. The average Bonchev–Trinajstić information content (AvgIpc) is 2.26. The summed E-state index contributed by atoms with van der Waals surface area (Å²) >= 11 is 7.86. The van der Waals surface area contributed by atoms with Crippen LogP contribution in [0.5, 0.6) is 0 Å². The molecule has 0 unspecified atom stereocenters. The lowest BCUT2D eigenvalue weighted by Crippen LogP contribution is -2.49. The van der Waals surface area contributed by atoms with E-state index in [0.717, 1.165) is 3.57 Å². The van der Waals surface area contributed by atoms with Crippen LogP contribution in [0, 0.1) is 8.99 Å². The van der Waals surface area contributed by atoms with Crippen LogP contribution in [0.1, 0.15) is 31.1 Å². The van der Waals surface area contributed by atoms with Crippen LogP contribution in [0.15, 0.2) is 18.2 Å². The maximum Gasteiger partial charge on any atom is 0.326 e. The zero-order chi connectivity index (χ0) is 14.8. The molecule has 0 fully saturated rings. The zero-order valence-corrected chi connectivity index (χ0v) is 13.7. The Balaban J connectivity index is 3.01. The summed E-state index contributed by atoms with van der Waals surface area (Å²) in [5.74, 6) is -1.49. The van der Waals surface area contributed by atoms with Gasteiger partial charge in [-0.25, -0.2) is 4.79 Å². The Labute approximate surface area is 130 Å². The molecular weight excluding hydrogens is 381 g/mol. The number of halogens is 2. The first-order valence-electron chi connectivity index (χ1n) is 5.61. The van der Waals surface area contributed by atoms with E-state index in [1.807, 2.05) is 22.6 Å². The predicted octanol–water partition coefficient (Wildman–Crippen LogP) is 3.17. The minimum atomic E-state index is -1.06. The lowest BCUT2D eigenvalue weighted by atomic mass is 9.86. The molecule has 0 saturated carbocycles. The van der Waals surface area contributed by atoms with Gasteiger partial charge in [0.2, 0.25) is 0 Å². The van der Waals surface area contributed by atoms with Crippen LogP contribution >= 0.6 is 34.2 Å². The normalized spacial score (nSPS) is 12.9. The number of rotatable bonds is 3. The molecule has 1 aromatic rings. The Morgan fingerprint density at radius 2 is 1.95 bits per heavy atom. The highest BCUT2D eigenvalue weighted by Gasteiger charge is 2.33. The smallest absolute Gasteiger partial charge is 0.326 e. The van der Waals surface area contributed by atoms with Crippen molar-refractivity contribution in [1.29, 1.82) is 0 Å². The molecule has 1 amide bonds. The van der Waals surface area contributed by atoms with Crippen LogP contribution in [0.3, 0.4) is 0 Å². The molecule has 0 aromatic heterocycles. The third-order valence-corrected chi connectivity index (χ3v) is 3.74. The summed E-state index contributed by atoms with van der Waals surface area (Å²) in [4.78, 5) is 23.4. The van der Waals surface area contributed by atoms with Crippen LogP contribution in [-0.4, -0.2) is 23.0 Å². The van der Waals surface area contributed by atoms with Crippen molar-refractivity contribution in [3.63, 3.8) is 0 Å². The fourth-order valence-corrected chi connectivity index (χ4v) is 2.28. The van der Waals surface area contributed by atoms with Gasteiger partial charge in [0.05, 0.1) is 5.56 Å². The van der Waals surface area contributed by atoms with E-state index < -0.39 is 23.3 Å². The summed E-state index contributed by atoms with van der Waals surface area (Å²) in [6.45, 7) is 5.28. The van der Waals surface area contributed by atoms with Gasteiger partial charge in [-0.15, -0.1) is 0 Å². The fourth-order valence-electron chi connectivity index (χ4n) is 1.53. The molecule has 1 atom stereocenters. The molecule has 104 valence electrons. The van der Waals surface area contributed by atoms with E-state index in [9.17, 15) is 14.7 Å². The summed E-state index contributed by atoms with van der Waals surface area (Å²) in [6, 6.07) is 3.96. The Morgan fingerprint density at radius 1 is 1.37 bits per heavy atom. The highest BCUT2D eigenvalue weighted by molar-refractivity contribution is 14.1. The van der Waals surface area contributed by atoms with Crippen molar-refractivity contribution in [2.75, 3.05) is 0 Å². The van der Waals surface area contributed by atoms with E-state index in [4.69, 9.17) is 11.6 Å². The Hall–Kier alpha value is -0.820. The Kier molecular flexibility index (Phi) is 5.20. The van der Waals surface area contributed by atoms with Crippen LogP contribution in [0.25, 0.3) is 0 Å². The standard InChI is InChI=1S/C13H15ClINO3/c1-13(2,3)10(12(18)19)16-11(17)8-6-7(14)4-5-9(8)15/h4-6,10H,1-3H3,(H,16,17)(H,18,19)/t10-/m0/s1. The Morgan fingerprint density at radius 3 is 2.42 bits per heavy atom. The van der Waals surface area contributed by atoms with E-state index in [1.165, 1.54) is 6.07 Å². The topological polar surface area (TPSA) is 66.4 Å². The molecule has 0 heterocycles. The summed E-state index contributed by atoms with van der Waals surface area (Å²) in [5, 5.41) is 12.2. The first-order valence-corrected chi connectivity index (χ1v) is 7.07. The number of carboxylic acid groups (broad SMARTS) is 1. The summed E-state index contributed by atoms with van der Waals surface area (Å²) in [6.07, 6.45) is 0. The minimum Gasteiger partial charge on any atom is -0.480 e. The molecule has 2 N–H and O–H groups in total. The number of carbonyl (C=O) groups is 2. The van der Waals surface area contributed by atoms with E-state index in [2.05, 4.69) is 5.32 Å². The SMILES string of the molecule is CC(C)(C)[C@@H](NC(=O)c1cc(Cl)ccc1I)C(=O)O. The Bertz CT molecular complexity index is 511. The van der Waals surface area contributed by atoms with Gasteiger partial charge in [-0.3, -0.25) is 4.79 Å². The molecule has 0 spiro atoms. The molecule has 6 heteroatoms. The van der Waals surface area contributed by atoms with Crippen molar-refractivity contribution in [2.45, 2.75) is 26.8 Å². The fraction of sp³-hybridized carbons (Fsp3) is 0.385. The first-order chi connectivity index (χ1) is 8.62.